The Morgan fingerprint density at radius 2 is 0.354 bits per heavy atom. The molecular formula is C46H36P2. The highest BCUT2D eigenvalue weighted by Gasteiger charge is 2.17. The topological polar surface area (TPSA) is 0 Å². The third kappa shape index (κ3) is 7.54. The molecule has 0 atom stereocenters. The van der Waals surface area contributed by atoms with Crippen molar-refractivity contribution in [1.29, 1.82) is 0 Å². The summed E-state index contributed by atoms with van der Waals surface area (Å²) in [4.78, 5) is 0. The molecule has 0 radical (unpaired) electrons. The van der Waals surface area contributed by atoms with Gasteiger partial charge in [-0.2, -0.15) is 0 Å². The first-order valence-corrected chi connectivity index (χ1v) is 19.0. The molecule has 7 aromatic rings. The molecule has 0 nitrogen and oxygen atoms in total. The van der Waals surface area contributed by atoms with Crippen LogP contribution in [0.1, 0.15) is 0 Å². The first kappa shape index (κ1) is 31.5. The molecule has 0 aliphatic rings. The fourth-order valence-corrected chi connectivity index (χ4v) is 10.5. The zero-order valence-corrected chi connectivity index (χ0v) is 28.5. The van der Waals surface area contributed by atoms with Crippen LogP contribution in [0.4, 0.5) is 0 Å². The van der Waals surface area contributed by atoms with E-state index in [4.69, 9.17) is 0 Å². The molecule has 7 aromatic carbocycles. The van der Waals surface area contributed by atoms with Crippen LogP contribution in [0.2, 0.25) is 0 Å². The normalized spacial score (nSPS) is 10.9. The summed E-state index contributed by atoms with van der Waals surface area (Å²) in [6.45, 7) is 0. The molecule has 0 aliphatic carbocycles. The second kappa shape index (κ2) is 15.6. The summed E-state index contributed by atoms with van der Waals surface area (Å²) < 4.78 is 0. The van der Waals surface area contributed by atoms with Crippen LogP contribution < -0.4 is 31.8 Å². The second-order valence-electron chi connectivity index (χ2n) is 11.5. The van der Waals surface area contributed by atoms with Gasteiger partial charge in [0.2, 0.25) is 0 Å². The maximum atomic E-state index is 2.31. The van der Waals surface area contributed by atoms with Crippen LogP contribution in [0.25, 0.3) is 22.3 Å². The highest BCUT2D eigenvalue weighted by Crippen LogP contribution is 2.35. The van der Waals surface area contributed by atoms with Crippen LogP contribution in [-0.2, 0) is 0 Å². The molecule has 0 aromatic heterocycles. The summed E-state index contributed by atoms with van der Waals surface area (Å²) in [5, 5.41) is 8.14. The Hall–Kier alpha value is -5.12. The molecule has 0 N–H and O–H groups in total. The smallest absolute Gasteiger partial charge is 0.0134 e. The van der Waals surface area contributed by atoms with E-state index in [1.54, 1.807) is 0 Å². The Morgan fingerprint density at radius 3 is 0.646 bits per heavy atom. The van der Waals surface area contributed by atoms with Gasteiger partial charge in [-0.05, 0) is 69.9 Å². The van der Waals surface area contributed by atoms with Gasteiger partial charge < -0.3 is 0 Å². The van der Waals surface area contributed by atoms with Gasteiger partial charge in [0.1, 0.15) is 0 Å². The molecule has 0 bridgehead atoms. The van der Waals surface area contributed by atoms with Crippen LogP contribution in [0, 0.1) is 0 Å². The summed E-state index contributed by atoms with van der Waals surface area (Å²) in [7, 11) is -1.27. The van der Waals surface area contributed by atoms with Gasteiger partial charge in [0.05, 0.1) is 0 Å². The first-order chi connectivity index (χ1) is 23.8. The Labute approximate surface area is 287 Å². The Kier molecular flexibility index (Phi) is 10.3. The molecule has 48 heavy (non-hydrogen) atoms. The maximum Gasteiger partial charge on any atom is -0.0134 e. The maximum absolute atomic E-state index is 2.31. The highest BCUT2D eigenvalue weighted by atomic mass is 31.1. The van der Waals surface area contributed by atoms with Gasteiger partial charge in [-0.3, -0.25) is 0 Å². The Balaban J connectivity index is 1.21. The van der Waals surface area contributed by atoms with Crippen LogP contribution in [-0.4, -0.2) is 0 Å². The van der Waals surface area contributed by atoms with Crippen molar-refractivity contribution in [1.82, 2.24) is 0 Å². The van der Waals surface area contributed by atoms with Gasteiger partial charge in [0.15, 0.2) is 0 Å². The van der Waals surface area contributed by atoms with Crippen molar-refractivity contribution in [3.8, 4) is 22.3 Å². The number of rotatable bonds is 8. The minimum atomic E-state index is -0.637. The molecule has 0 heterocycles. The SMILES string of the molecule is c1cccc(-c2ccc(P(c3ccccc3)c3ccccc3)cc2)ccc(-c2ccc(P(c3ccccc3)c3ccccc3)cc2)cc1. The predicted molar refractivity (Wildman–Crippen MR) is 212 cm³/mol. The predicted octanol–water partition coefficient (Wildman–Crippen LogP) is 9.66. The summed E-state index contributed by atoms with van der Waals surface area (Å²) in [5.74, 6) is 0. The van der Waals surface area contributed by atoms with Gasteiger partial charge in [0, 0.05) is 0 Å². The van der Waals surface area contributed by atoms with E-state index in [0.717, 1.165) is 0 Å². The minimum absolute atomic E-state index is 0.637. The third-order valence-corrected chi connectivity index (χ3v) is 13.2. The van der Waals surface area contributed by atoms with Gasteiger partial charge >= 0.3 is 0 Å². The molecule has 0 amide bonds. The standard InChI is InChI=1S/C46H36P2/c1-2-8-18-38(40-31-35-46(36-32-40)48(43-23-13-5-14-24-43)44-25-15-6-16-26-44)28-27-37(17-7-1)39-29-33-45(34-30-39)47(41-19-9-3-10-20-41)42-21-11-4-12-22-42/h1-36H. The van der Waals surface area contributed by atoms with Gasteiger partial charge in [-0.15, -0.1) is 0 Å². The fraction of sp³-hybridized carbons (Fsp3) is 0. The third-order valence-electron chi connectivity index (χ3n) is 8.30. The van der Waals surface area contributed by atoms with Gasteiger partial charge in [-0.25, -0.2) is 0 Å². The lowest BCUT2D eigenvalue weighted by Crippen LogP contribution is -2.20. The highest BCUT2D eigenvalue weighted by molar-refractivity contribution is 7.80. The summed E-state index contributed by atoms with van der Waals surface area (Å²) in [5.41, 5.74) is 4.75. The summed E-state index contributed by atoms with van der Waals surface area (Å²) in [6.07, 6.45) is 0. The van der Waals surface area contributed by atoms with Crippen LogP contribution in [0.3, 0.4) is 0 Å². The molecule has 0 saturated heterocycles. The van der Waals surface area contributed by atoms with Crippen molar-refractivity contribution in [2.75, 3.05) is 0 Å². The minimum Gasteiger partial charge on any atom is -0.0622 e. The van der Waals surface area contributed by atoms with E-state index in [2.05, 4.69) is 218 Å². The Bertz CT molecular complexity index is 1860. The van der Waals surface area contributed by atoms with Crippen molar-refractivity contribution in [2.45, 2.75) is 0 Å². The van der Waals surface area contributed by atoms with E-state index in [1.807, 2.05) is 0 Å². The van der Waals surface area contributed by atoms with Gasteiger partial charge in [-0.1, -0.05) is 218 Å². The molecule has 0 unspecified atom stereocenters. The van der Waals surface area contributed by atoms with E-state index in [1.165, 1.54) is 54.1 Å². The van der Waals surface area contributed by atoms with E-state index < -0.39 is 15.8 Å². The average Bonchev–Trinajstić information content (AvgIpc) is 3.16. The van der Waals surface area contributed by atoms with Crippen LogP contribution in [0.5, 0.6) is 0 Å². The van der Waals surface area contributed by atoms with E-state index in [0.29, 0.717) is 0 Å². The number of benzene rings is 6. The molecule has 0 fully saturated rings. The van der Waals surface area contributed by atoms with E-state index in [-0.39, 0.29) is 0 Å². The van der Waals surface area contributed by atoms with Crippen molar-refractivity contribution in [3.63, 3.8) is 0 Å². The molecular weight excluding hydrogens is 614 g/mol. The lowest BCUT2D eigenvalue weighted by molar-refractivity contribution is 1.62. The summed E-state index contributed by atoms with van der Waals surface area (Å²) in [6, 6.07) is 79.2. The van der Waals surface area contributed by atoms with E-state index in [9.17, 15) is 0 Å². The molecule has 230 valence electrons. The lowest BCUT2D eigenvalue weighted by atomic mass is 10.0. The zero-order chi connectivity index (χ0) is 32.4. The van der Waals surface area contributed by atoms with E-state index >= 15 is 0 Å². The number of hydrogen-bond acceptors (Lipinski definition) is 0. The molecule has 0 spiro atoms. The summed E-state index contributed by atoms with van der Waals surface area (Å²) >= 11 is 0. The Morgan fingerprint density at radius 1 is 0.167 bits per heavy atom. The monoisotopic (exact) mass is 650 g/mol. The molecule has 2 heteroatoms. The van der Waals surface area contributed by atoms with Gasteiger partial charge in [0.25, 0.3) is 0 Å². The van der Waals surface area contributed by atoms with Crippen LogP contribution >= 0.6 is 15.8 Å². The zero-order valence-electron chi connectivity index (χ0n) is 26.7. The quantitative estimate of drug-likeness (QED) is 0.144. The van der Waals surface area contributed by atoms with Crippen LogP contribution in [0.15, 0.2) is 218 Å². The fourth-order valence-electron chi connectivity index (χ4n) is 5.93. The van der Waals surface area contributed by atoms with Crippen molar-refractivity contribution in [2.24, 2.45) is 0 Å². The lowest BCUT2D eigenvalue weighted by Gasteiger charge is -2.19. The molecule has 7 rings (SSSR count). The molecule has 0 saturated carbocycles. The average molecular weight is 651 g/mol. The largest absolute Gasteiger partial charge is 0.0622 e. The first-order valence-electron chi connectivity index (χ1n) is 16.3. The van der Waals surface area contributed by atoms with Crippen molar-refractivity contribution >= 4 is 47.7 Å². The van der Waals surface area contributed by atoms with Crippen molar-refractivity contribution < 1.29 is 0 Å². The number of hydrogen-bond donors (Lipinski definition) is 0. The van der Waals surface area contributed by atoms with Crippen molar-refractivity contribution in [3.05, 3.63) is 218 Å². The second-order valence-corrected chi connectivity index (χ2v) is 15.9. The molecule has 0 aliphatic heterocycles.